The van der Waals surface area contributed by atoms with E-state index in [0.29, 0.717) is 0 Å². The quantitative estimate of drug-likeness (QED) is 0.845. The summed E-state index contributed by atoms with van der Waals surface area (Å²) in [5.41, 5.74) is 1.17. The third kappa shape index (κ3) is 2.92. The van der Waals surface area contributed by atoms with Crippen LogP contribution in [0.5, 0.6) is 0 Å². The minimum atomic E-state index is 0.850. The van der Waals surface area contributed by atoms with Crippen LogP contribution in [0.25, 0.3) is 0 Å². The van der Waals surface area contributed by atoms with Crippen molar-refractivity contribution in [3.05, 3.63) is 32.4 Å². The lowest BCUT2D eigenvalue weighted by Crippen LogP contribution is -2.11. The van der Waals surface area contributed by atoms with Crippen LogP contribution >= 0.6 is 34.2 Å². The van der Waals surface area contributed by atoms with Crippen LogP contribution in [0.15, 0.2) is 18.2 Å². The molecular formula is C9H11ClIN. The maximum atomic E-state index is 6.02. The molecule has 0 atom stereocenters. The first-order valence-corrected chi connectivity index (χ1v) is 5.34. The highest BCUT2D eigenvalue weighted by molar-refractivity contribution is 14.1. The zero-order valence-corrected chi connectivity index (χ0v) is 9.82. The Hall–Kier alpha value is 0.200. The van der Waals surface area contributed by atoms with Crippen molar-refractivity contribution < 1.29 is 0 Å². The lowest BCUT2D eigenvalue weighted by Gasteiger charge is -2.04. The maximum absolute atomic E-state index is 6.02. The molecule has 1 aromatic rings. The summed E-state index contributed by atoms with van der Waals surface area (Å²) in [6, 6.07) is 6.11. The lowest BCUT2D eigenvalue weighted by molar-refractivity contribution is 0.727. The van der Waals surface area contributed by atoms with Crippen LogP contribution in [0.1, 0.15) is 12.5 Å². The van der Waals surface area contributed by atoms with Gasteiger partial charge in [-0.15, -0.1) is 0 Å². The molecule has 0 radical (unpaired) electrons. The predicted octanol–water partition coefficient (Wildman–Crippen LogP) is 3.05. The first kappa shape index (κ1) is 10.3. The Morgan fingerprint density at radius 1 is 1.50 bits per heavy atom. The van der Waals surface area contributed by atoms with Gasteiger partial charge in [-0.05, 0) is 46.8 Å². The number of hydrogen-bond acceptors (Lipinski definition) is 1. The maximum Gasteiger partial charge on any atom is 0.0461 e. The van der Waals surface area contributed by atoms with E-state index in [1.165, 1.54) is 9.13 Å². The molecule has 0 aliphatic heterocycles. The lowest BCUT2D eigenvalue weighted by atomic mass is 10.2. The molecule has 0 unspecified atom stereocenters. The van der Waals surface area contributed by atoms with Gasteiger partial charge in [-0.3, -0.25) is 0 Å². The van der Waals surface area contributed by atoms with Crippen LogP contribution in [0.2, 0.25) is 5.02 Å². The minimum Gasteiger partial charge on any atom is -0.313 e. The van der Waals surface area contributed by atoms with Crippen molar-refractivity contribution in [3.63, 3.8) is 0 Å². The highest BCUT2D eigenvalue weighted by atomic mass is 127. The van der Waals surface area contributed by atoms with Gasteiger partial charge >= 0.3 is 0 Å². The molecule has 66 valence electrons. The van der Waals surface area contributed by atoms with Crippen LogP contribution in [0, 0.1) is 3.57 Å². The standard InChI is InChI=1S/C9H11ClIN/c1-2-12-6-7-3-4-8(11)5-9(7)10/h3-5,12H,2,6H2,1H3. The molecule has 1 N–H and O–H groups in total. The summed E-state index contributed by atoms with van der Waals surface area (Å²) in [7, 11) is 0. The molecule has 0 saturated carbocycles. The van der Waals surface area contributed by atoms with Gasteiger partial charge in [0.15, 0.2) is 0 Å². The molecule has 1 rings (SSSR count). The number of rotatable bonds is 3. The largest absolute Gasteiger partial charge is 0.313 e. The Labute approximate surface area is 91.6 Å². The topological polar surface area (TPSA) is 12.0 Å². The third-order valence-electron chi connectivity index (χ3n) is 1.58. The number of benzene rings is 1. The predicted molar refractivity (Wildman–Crippen MR) is 61.5 cm³/mol. The highest BCUT2D eigenvalue weighted by Crippen LogP contribution is 2.18. The molecule has 0 amide bonds. The Bertz CT molecular complexity index is 263. The Balaban J connectivity index is 2.72. The minimum absolute atomic E-state index is 0.850. The summed E-state index contributed by atoms with van der Waals surface area (Å²) in [6.07, 6.45) is 0. The van der Waals surface area contributed by atoms with E-state index in [-0.39, 0.29) is 0 Å². The SMILES string of the molecule is CCNCc1ccc(I)cc1Cl. The van der Waals surface area contributed by atoms with E-state index in [4.69, 9.17) is 11.6 Å². The number of hydrogen-bond donors (Lipinski definition) is 1. The smallest absolute Gasteiger partial charge is 0.0461 e. The van der Waals surface area contributed by atoms with Gasteiger partial charge in [-0.2, -0.15) is 0 Å². The van der Waals surface area contributed by atoms with Crippen molar-refractivity contribution in [2.45, 2.75) is 13.5 Å². The third-order valence-corrected chi connectivity index (χ3v) is 2.60. The fraction of sp³-hybridized carbons (Fsp3) is 0.333. The molecule has 0 bridgehead atoms. The first-order valence-electron chi connectivity index (χ1n) is 3.88. The first-order chi connectivity index (χ1) is 5.74. The summed E-state index contributed by atoms with van der Waals surface area (Å²) in [5.74, 6) is 0. The monoisotopic (exact) mass is 295 g/mol. The summed E-state index contributed by atoms with van der Waals surface area (Å²) in [6.45, 7) is 3.91. The van der Waals surface area contributed by atoms with Crippen molar-refractivity contribution in [3.8, 4) is 0 Å². The molecule has 0 spiro atoms. The van der Waals surface area contributed by atoms with Crippen molar-refractivity contribution in [2.75, 3.05) is 6.54 Å². The van der Waals surface area contributed by atoms with Gasteiger partial charge in [0.2, 0.25) is 0 Å². The molecule has 0 aliphatic carbocycles. The summed E-state index contributed by atoms with van der Waals surface area (Å²) in [5, 5.41) is 4.09. The molecule has 0 saturated heterocycles. The number of nitrogens with one attached hydrogen (secondary N) is 1. The van der Waals surface area contributed by atoms with Gasteiger partial charge < -0.3 is 5.32 Å². The second kappa shape index (κ2) is 5.04. The molecule has 1 nitrogen and oxygen atoms in total. The fourth-order valence-corrected chi connectivity index (χ4v) is 1.85. The average molecular weight is 296 g/mol. The molecule has 0 aromatic heterocycles. The van der Waals surface area contributed by atoms with Crippen LogP contribution in [-0.4, -0.2) is 6.54 Å². The van der Waals surface area contributed by atoms with E-state index in [0.717, 1.165) is 18.1 Å². The second-order valence-corrected chi connectivity index (χ2v) is 4.17. The van der Waals surface area contributed by atoms with E-state index >= 15 is 0 Å². The summed E-state index contributed by atoms with van der Waals surface area (Å²) in [4.78, 5) is 0. The normalized spacial score (nSPS) is 10.2. The molecule has 0 aliphatic rings. The second-order valence-electron chi connectivity index (χ2n) is 2.52. The summed E-state index contributed by atoms with van der Waals surface area (Å²) >= 11 is 8.28. The molecule has 3 heteroatoms. The Morgan fingerprint density at radius 2 is 2.25 bits per heavy atom. The van der Waals surface area contributed by atoms with Gasteiger partial charge in [0.1, 0.15) is 0 Å². The molecule has 0 heterocycles. The van der Waals surface area contributed by atoms with Gasteiger partial charge in [0, 0.05) is 15.1 Å². The van der Waals surface area contributed by atoms with Gasteiger partial charge in [-0.25, -0.2) is 0 Å². The van der Waals surface area contributed by atoms with Crippen molar-refractivity contribution >= 4 is 34.2 Å². The van der Waals surface area contributed by atoms with Crippen LogP contribution in [-0.2, 0) is 6.54 Å². The van der Waals surface area contributed by atoms with E-state index in [2.05, 4.69) is 47.0 Å². The van der Waals surface area contributed by atoms with Crippen molar-refractivity contribution in [1.29, 1.82) is 0 Å². The molecule has 1 aromatic carbocycles. The molecule has 0 fully saturated rings. The Kier molecular flexibility index (Phi) is 4.32. The summed E-state index contributed by atoms with van der Waals surface area (Å²) < 4.78 is 1.18. The van der Waals surface area contributed by atoms with Crippen molar-refractivity contribution in [1.82, 2.24) is 5.32 Å². The van der Waals surface area contributed by atoms with Crippen molar-refractivity contribution in [2.24, 2.45) is 0 Å². The van der Waals surface area contributed by atoms with Gasteiger partial charge in [0.25, 0.3) is 0 Å². The van der Waals surface area contributed by atoms with E-state index in [1.807, 2.05) is 6.07 Å². The van der Waals surface area contributed by atoms with Gasteiger partial charge in [-0.1, -0.05) is 24.6 Å². The highest BCUT2D eigenvalue weighted by Gasteiger charge is 1.98. The van der Waals surface area contributed by atoms with Gasteiger partial charge in [0.05, 0.1) is 0 Å². The zero-order valence-electron chi connectivity index (χ0n) is 6.90. The van der Waals surface area contributed by atoms with Crippen LogP contribution in [0.3, 0.4) is 0 Å². The van der Waals surface area contributed by atoms with Crippen LogP contribution in [0.4, 0.5) is 0 Å². The van der Waals surface area contributed by atoms with Crippen LogP contribution < -0.4 is 5.32 Å². The van der Waals surface area contributed by atoms with E-state index in [9.17, 15) is 0 Å². The number of halogens is 2. The zero-order chi connectivity index (χ0) is 8.97. The Morgan fingerprint density at radius 3 is 2.83 bits per heavy atom. The van der Waals surface area contributed by atoms with E-state index < -0.39 is 0 Å². The average Bonchev–Trinajstić information content (AvgIpc) is 2.03. The van der Waals surface area contributed by atoms with E-state index in [1.54, 1.807) is 0 Å². The molecular weight excluding hydrogens is 284 g/mol. The molecule has 12 heavy (non-hydrogen) atoms. The fourth-order valence-electron chi connectivity index (χ4n) is 0.925.